The van der Waals surface area contributed by atoms with E-state index in [1.54, 1.807) is 6.92 Å². The first-order valence-electron chi connectivity index (χ1n) is 13.4. The summed E-state index contributed by atoms with van der Waals surface area (Å²) in [5.41, 5.74) is 2.92. The van der Waals surface area contributed by atoms with Gasteiger partial charge in [0.15, 0.2) is 11.5 Å². The zero-order valence-electron chi connectivity index (χ0n) is 20.8. The summed E-state index contributed by atoms with van der Waals surface area (Å²) in [5.74, 6) is 0.875. The molecule has 4 unspecified atom stereocenters. The molecule has 0 aliphatic heterocycles. The van der Waals surface area contributed by atoms with Gasteiger partial charge in [0.05, 0.1) is 13.2 Å². The molecule has 0 aromatic heterocycles. The molecule has 2 saturated carbocycles. The largest absolute Gasteiger partial charge is 0.491 e. The van der Waals surface area contributed by atoms with E-state index in [4.69, 9.17) is 9.47 Å². The van der Waals surface area contributed by atoms with Gasteiger partial charge < -0.3 is 9.47 Å². The third-order valence-corrected chi connectivity index (χ3v) is 8.02. The molecule has 0 radical (unpaired) electrons. The van der Waals surface area contributed by atoms with E-state index in [9.17, 15) is 8.78 Å². The molecular weight excluding hydrogens is 430 g/mol. The van der Waals surface area contributed by atoms with Crippen molar-refractivity contribution in [3.63, 3.8) is 0 Å². The molecule has 186 valence electrons. The number of benzene rings is 2. The normalized spacial score (nSPS) is 24.5. The third-order valence-electron chi connectivity index (χ3n) is 8.02. The van der Waals surface area contributed by atoms with Crippen molar-refractivity contribution in [2.45, 2.75) is 78.1 Å². The Labute approximate surface area is 204 Å². The highest BCUT2D eigenvalue weighted by atomic mass is 19.2. The van der Waals surface area contributed by atoms with E-state index in [0.717, 1.165) is 30.6 Å². The molecule has 0 amide bonds. The van der Waals surface area contributed by atoms with Crippen molar-refractivity contribution in [3.8, 4) is 11.5 Å². The van der Waals surface area contributed by atoms with Crippen LogP contribution in [0.4, 0.5) is 8.78 Å². The monoisotopic (exact) mass is 470 g/mol. The lowest BCUT2D eigenvalue weighted by atomic mass is 9.64. The topological polar surface area (TPSA) is 18.5 Å². The highest BCUT2D eigenvalue weighted by molar-refractivity contribution is 5.35. The molecule has 0 saturated heterocycles. The summed E-state index contributed by atoms with van der Waals surface area (Å²) in [5, 5.41) is 0. The molecule has 0 heterocycles. The van der Waals surface area contributed by atoms with Gasteiger partial charge in [-0.1, -0.05) is 44.0 Å². The highest BCUT2D eigenvalue weighted by Gasteiger charge is 2.35. The predicted octanol–water partition coefficient (Wildman–Crippen LogP) is 8.16. The summed E-state index contributed by atoms with van der Waals surface area (Å²) >= 11 is 0. The number of halogens is 2. The van der Waals surface area contributed by atoms with Gasteiger partial charge in [0.1, 0.15) is 0 Å². The highest BCUT2D eigenvalue weighted by Crippen LogP contribution is 2.46. The number of hydrogen-bond acceptors (Lipinski definition) is 2. The van der Waals surface area contributed by atoms with E-state index < -0.39 is 11.6 Å². The molecule has 4 rings (SSSR count). The lowest BCUT2D eigenvalue weighted by Crippen LogP contribution is -2.33. The number of ether oxygens (including phenoxy) is 2. The van der Waals surface area contributed by atoms with Crippen LogP contribution >= 0.6 is 0 Å². The van der Waals surface area contributed by atoms with Gasteiger partial charge in [0.25, 0.3) is 0 Å². The Morgan fingerprint density at radius 3 is 1.88 bits per heavy atom. The van der Waals surface area contributed by atoms with Gasteiger partial charge in [-0.2, -0.15) is 8.78 Å². The minimum atomic E-state index is -0.960. The van der Waals surface area contributed by atoms with Crippen molar-refractivity contribution in [3.05, 3.63) is 59.2 Å². The van der Waals surface area contributed by atoms with Crippen LogP contribution in [-0.4, -0.2) is 13.2 Å². The van der Waals surface area contributed by atoms with E-state index in [0.29, 0.717) is 19.1 Å². The van der Waals surface area contributed by atoms with Crippen LogP contribution in [0.3, 0.4) is 0 Å². The zero-order valence-corrected chi connectivity index (χ0v) is 20.8. The van der Waals surface area contributed by atoms with E-state index in [1.807, 2.05) is 0 Å². The Morgan fingerprint density at radius 2 is 1.26 bits per heavy atom. The zero-order chi connectivity index (χ0) is 23.9. The Bertz CT molecular complexity index is 911. The van der Waals surface area contributed by atoms with Gasteiger partial charge >= 0.3 is 0 Å². The van der Waals surface area contributed by atoms with E-state index in [1.165, 1.54) is 74.6 Å². The van der Waals surface area contributed by atoms with Gasteiger partial charge in [-0.3, -0.25) is 0 Å². The van der Waals surface area contributed by atoms with Crippen LogP contribution in [0.25, 0.3) is 0 Å². The number of hydrogen-bond donors (Lipinski definition) is 0. The summed E-state index contributed by atoms with van der Waals surface area (Å²) in [6.07, 6.45) is 12.3. The summed E-state index contributed by atoms with van der Waals surface area (Å²) in [6, 6.07) is 12.2. The maximum Gasteiger partial charge on any atom is 0.204 e. The molecule has 2 aromatic carbocycles. The van der Waals surface area contributed by atoms with Crippen LogP contribution in [0.15, 0.2) is 36.4 Å². The SMILES string of the molecule is CCCc1ccc(CCC2CCC3CC(COc4ccc(OCC)c(F)c4F)CCC3C2)cc1. The van der Waals surface area contributed by atoms with Crippen LogP contribution in [0.1, 0.15) is 76.3 Å². The predicted molar refractivity (Wildman–Crippen MR) is 133 cm³/mol. The standard InChI is InChI=1S/C30H40F2O2/c1-3-5-21-6-8-22(9-7-21)10-11-23-12-14-26-19-24(13-15-25(26)18-23)20-34-28-17-16-27(33-4-2)29(31)30(28)32/h6-9,16-17,23-26H,3-5,10-15,18-20H2,1-2H3. The molecule has 2 aliphatic rings. The van der Waals surface area contributed by atoms with Crippen molar-refractivity contribution in [1.82, 2.24) is 0 Å². The van der Waals surface area contributed by atoms with Gasteiger partial charge in [-0.25, -0.2) is 0 Å². The van der Waals surface area contributed by atoms with Crippen LogP contribution in [0, 0.1) is 35.3 Å². The Morgan fingerprint density at radius 1 is 0.706 bits per heavy atom. The van der Waals surface area contributed by atoms with E-state index in [-0.39, 0.29) is 11.5 Å². The van der Waals surface area contributed by atoms with Crippen molar-refractivity contribution in [2.75, 3.05) is 13.2 Å². The molecule has 34 heavy (non-hydrogen) atoms. The Hall–Kier alpha value is -2.10. The lowest BCUT2D eigenvalue weighted by molar-refractivity contribution is 0.0741. The second-order valence-electron chi connectivity index (χ2n) is 10.4. The molecule has 4 heteroatoms. The number of aryl methyl sites for hydroxylation is 2. The molecule has 0 bridgehead atoms. The van der Waals surface area contributed by atoms with Crippen LogP contribution in [0.2, 0.25) is 0 Å². The molecule has 2 fully saturated rings. The first-order chi connectivity index (χ1) is 16.6. The van der Waals surface area contributed by atoms with Crippen molar-refractivity contribution in [2.24, 2.45) is 23.7 Å². The summed E-state index contributed by atoms with van der Waals surface area (Å²) in [4.78, 5) is 0. The quantitative estimate of drug-likeness (QED) is 0.349. The molecule has 2 aromatic rings. The van der Waals surface area contributed by atoms with E-state index in [2.05, 4.69) is 31.2 Å². The van der Waals surface area contributed by atoms with Crippen LogP contribution < -0.4 is 9.47 Å². The van der Waals surface area contributed by atoms with Crippen LogP contribution in [0.5, 0.6) is 11.5 Å². The average Bonchev–Trinajstić information content (AvgIpc) is 2.86. The maximum absolute atomic E-state index is 14.3. The average molecular weight is 471 g/mol. The van der Waals surface area contributed by atoms with Crippen molar-refractivity contribution >= 4 is 0 Å². The van der Waals surface area contributed by atoms with Gasteiger partial charge in [-0.05, 0) is 105 Å². The fourth-order valence-corrected chi connectivity index (χ4v) is 6.13. The number of rotatable bonds is 10. The van der Waals surface area contributed by atoms with Gasteiger partial charge in [0.2, 0.25) is 11.6 Å². The molecule has 4 atom stereocenters. The summed E-state index contributed by atoms with van der Waals surface area (Å²) in [7, 11) is 0. The molecule has 2 aliphatic carbocycles. The van der Waals surface area contributed by atoms with E-state index >= 15 is 0 Å². The molecule has 0 N–H and O–H groups in total. The first kappa shape index (κ1) is 25.0. The maximum atomic E-state index is 14.3. The molecule has 0 spiro atoms. The Balaban J connectivity index is 1.21. The third kappa shape index (κ3) is 6.31. The fourth-order valence-electron chi connectivity index (χ4n) is 6.13. The first-order valence-corrected chi connectivity index (χ1v) is 13.4. The van der Waals surface area contributed by atoms with Crippen LogP contribution in [-0.2, 0) is 12.8 Å². The lowest BCUT2D eigenvalue weighted by Gasteiger charge is -2.42. The fraction of sp³-hybridized carbons (Fsp3) is 0.600. The van der Waals surface area contributed by atoms with Crippen molar-refractivity contribution in [1.29, 1.82) is 0 Å². The second-order valence-corrected chi connectivity index (χ2v) is 10.4. The second kappa shape index (κ2) is 12.0. The Kier molecular flexibility index (Phi) is 8.86. The van der Waals surface area contributed by atoms with Crippen molar-refractivity contribution < 1.29 is 18.3 Å². The van der Waals surface area contributed by atoms with Gasteiger partial charge in [0, 0.05) is 0 Å². The summed E-state index contributed by atoms with van der Waals surface area (Å²) in [6.45, 7) is 4.74. The van der Waals surface area contributed by atoms with Gasteiger partial charge in [-0.15, -0.1) is 0 Å². The minimum Gasteiger partial charge on any atom is -0.491 e. The molecule has 2 nitrogen and oxygen atoms in total. The molecular formula is C30H40F2O2. The minimum absolute atomic E-state index is 0.00508. The number of fused-ring (bicyclic) bond motifs is 1. The smallest absolute Gasteiger partial charge is 0.204 e. The summed E-state index contributed by atoms with van der Waals surface area (Å²) < 4.78 is 39.3.